The van der Waals surface area contributed by atoms with E-state index in [1.807, 2.05) is 25.1 Å². The molecule has 1 heterocycles. The summed E-state index contributed by atoms with van der Waals surface area (Å²) in [6.45, 7) is 8.54. The Hall–Kier alpha value is -0.850. The van der Waals surface area contributed by atoms with Gasteiger partial charge in [0.15, 0.2) is 0 Å². The fourth-order valence-electron chi connectivity index (χ4n) is 2.53. The van der Waals surface area contributed by atoms with E-state index >= 15 is 0 Å². The summed E-state index contributed by atoms with van der Waals surface area (Å²) in [5.74, 6) is 0.290. The van der Waals surface area contributed by atoms with Crippen molar-refractivity contribution >= 4 is 30.7 Å². The van der Waals surface area contributed by atoms with E-state index in [9.17, 15) is 4.79 Å². The molecule has 3 N–H and O–H groups in total. The number of hydrogen-bond donors (Lipinski definition) is 2. The van der Waals surface area contributed by atoms with Crippen LogP contribution in [0, 0.1) is 5.92 Å². The molecule has 0 aromatic heterocycles. The van der Waals surface area contributed by atoms with Gasteiger partial charge >= 0.3 is 0 Å². The standard InChI is InChI=1S/C17H28N4O.2ClH/c1-14(11-18)12-19-17(22)16-5-3-4-15(10-16)13-21-8-6-20(2)7-9-21;;/h3-5,10,14H,6-9,11-13,18H2,1-2H3,(H,19,22);2*1H. The fourth-order valence-corrected chi connectivity index (χ4v) is 2.53. The van der Waals surface area contributed by atoms with Gasteiger partial charge in [-0.2, -0.15) is 0 Å². The van der Waals surface area contributed by atoms with Gasteiger partial charge in [-0.1, -0.05) is 19.1 Å². The number of nitrogens with one attached hydrogen (secondary N) is 1. The first-order chi connectivity index (χ1) is 10.6. The molecular formula is C17H30Cl2N4O. The van der Waals surface area contributed by atoms with Gasteiger partial charge in [0.25, 0.3) is 5.91 Å². The van der Waals surface area contributed by atoms with E-state index in [2.05, 4.69) is 28.2 Å². The van der Waals surface area contributed by atoms with Crippen LogP contribution in [0.25, 0.3) is 0 Å². The van der Waals surface area contributed by atoms with Gasteiger partial charge < -0.3 is 16.0 Å². The molecule has 0 spiro atoms. The van der Waals surface area contributed by atoms with Crippen molar-refractivity contribution in [3.8, 4) is 0 Å². The summed E-state index contributed by atoms with van der Waals surface area (Å²) in [6, 6.07) is 7.93. The number of hydrogen-bond acceptors (Lipinski definition) is 4. The number of halogens is 2. The summed E-state index contributed by atoms with van der Waals surface area (Å²) >= 11 is 0. The summed E-state index contributed by atoms with van der Waals surface area (Å²) in [5.41, 5.74) is 7.51. The molecule has 7 heteroatoms. The summed E-state index contributed by atoms with van der Waals surface area (Å²) in [5, 5.41) is 2.95. The molecule has 0 bridgehead atoms. The fraction of sp³-hybridized carbons (Fsp3) is 0.588. The van der Waals surface area contributed by atoms with Crippen LogP contribution >= 0.6 is 24.8 Å². The number of amides is 1. The predicted octanol–water partition coefficient (Wildman–Crippen LogP) is 1.60. The Kier molecular flexibility index (Phi) is 11.2. The molecule has 1 aliphatic heterocycles. The quantitative estimate of drug-likeness (QED) is 0.791. The van der Waals surface area contributed by atoms with Gasteiger partial charge in [-0.05, 0) is 37.2 Å². The number of carbonyl (C=O) groups excluding carboxylic acids is 1. The molecule has 1 fully saturated rings. The highest BCUT2D eigenvalue weighted by Gasteiger charge is 2.14. The molecule has 5 nitrogen and oxygen atoms in total. The third-order valence-corrected chi connectivity index (χ3v) is 4.20. The number of nitrogens with two attached hydrogens (primary N) is 1. The minimum Gasteiger partial charge on any atom is -0.352 e. The number of likely N-dealkylation sites (N-methyl/N-ethyl adjacent to an activating group) is 1. The molecule has 24 heavy (non-hydrogen) atoms. The molecule has 1 saturated heterocycles. The largest absolute Gasteiger partial charge is 0.352 e. The Labute approximate surface area is 157 Å². The third-order valence-electron chi connectivity index (χ3n) is 4.20. The summed E-state index contributed by atoms with van der Waals surface area (Å²) < 4.78 is 0. The highest BCUT2D eigenvalue weighted by atomic mass is 35.5. The third kappa shape index (κ3) is 7.36. The minimum absolute atomic E-state index is 0. The van der Waals surface area contributed by atoms with Crippen molar-refractivity contribution in [1.82, 2.24) is 15.1 Å². The van der Waals surface area contributed by atoms with Gasteiger partial charge in [-0.25, -0.2) is 0 Å². The molecule has 1 unspecified atom stereocenters. The van der Waals surface area contributed by atoms with E-state index in [4.69, 9.17) is 5.73 Å². The van der Waals surface area contributed by atoms with Gasteiger partial charge in [0.2, 0.25) is 0 Å². The van der Waals surface area contributed by atoms with Crippen LogP contribution in [-0.4, -0.2) is 62.0 Å². The van der Waals surface area contributed by atoms with E-state index in [0.29, 0.717) is 19.0 Å². The van der Waals surface area contributed by atoms with Crippen molar-refractivity contribution in [2.24, 2.45) is 11.7 Å². The van der Waals surface area contributed by atoms with Crippen molar-refractivity contribution in [3.05, 3.63) is 35.4 Å². The van der Waals surface area contributed by atoms with Crippen LogP contribution in [0.5, 0.6) is 0 Å². The van der Waals surface area contributed by atoms with E-state index in [1.54, 1.807) is 0 Å². The second kappa shape index (κ2) is 11.7. The minimum atomic E-state index is -0.0134. The molecule has 1 atom stereocenters. The van der Waals surface area contributed by atoms with Crippen LogP contribution in [0.15, 0.2) is 24.3 Å². The Bertz CT molecular complexity index is 493. The first-order valence-electron chi connectivity index (χ1n) is 8.06. The first kappa shape index (κ1) is 23.1. The summed E-state index contributed by atoms with van der Waals surface area (Å²) in [6.07, 6.45) is 0. The molecule has 1 amide bonds. The molecule has 138 valence electrons. The van der Waals surface area contributed by atoms with Crippen molar-refractivity contribution in [2.45, 2.75) is 13.5 Å². The zero-order chi connectivity index (χ0) is 15.9. The molecule has 1 aromatic rings. The smallest absolute Gasteiger partial charge is 0.251 e. The lowest BCUT2D eigenvalue weighted by atomic mass is 10.1. The molecule has 0 saturated carbocycles. The van der Waals surface area contributed by atoms with Gasteiger partial charge in [-0.3, -0.25) is 9.69 Å². The summed E-state index contributed by atoms with van der Waals surface area (Å²) in [7, 11) is 2.16. The first-order valence-corrected chi connectivity index (χ1v) is 8.06. The maximum atomic E-state index is 12.2. The highest BCUT2D eigenvalue weighted by molar-refractivity contribution is 5.94. The van der Waals surface area contributed by atoms with E-state index in [0.717, 1.165) is 38.3 Å². The van der Waals surface area contributed by atoms with Gasteiger partial charge in [0.05, 0.1) is 0 Å². The molecule has 1 aliphatic rings. The number of carbonyl (C=O) groups is 1. The maximum absolute atomic E-state index is 12.2. The maximum Gasteiger partial charge on any atom is 0.251 e. The molecule has 1 aromatic carbocycles. The van der Waals surface area contributed by atoms with Crippen molar-refractivity contribution < 1.29 is 4.79 Å². The van der Waals surface area contributed by atoms with Crippen molar-refractivity contribution in [3.63, 3.8) is 0 Å². The molecule has 0 aliphatic carbocycles. The number of rotatable bonds is 6. The second-order valence-electron chi connectivity index (χ2n) is 6.33. The SMILES string of the molecule is CC(CN)CNC(=O)c1cccc(CN2CCN(C)CC2)c1.Cl.Cl. The molecule has 0 radical (unpaired) electrons. The zero-order valence-corrected chi connectivity index (χ0v) is 16.2. The van der Waals surface area contributed by atoms with Crippen LogP contribution in [0.1, 0.15) is 22.8 Å². The van der Waals surface area contributed by atoms with Gasteiger partial charge in [-0.15, -0.1) is 24.8 Å². The summed E-state index contributed by atoms with van der Waals surface area (Å²) in [4.78, 5) is 17.0. The second-order valence-corrected chi connectivity index (χ2v) is 6.33. The lowest BCUT2D eigenvalue weighted by Crippen LogP contribution is -2.43. The highest BCUT2D eigenvalue weighted by Crippen LogP contribution is 2.10. The van der Waals surface area contributed by atoms with Crippen molar-refractivity contribution in [1.29, 1.82) is 0 Å². The molecular weight excluding hydrogens is 347 g/mol. The lowest BCUT2D eigenvalue weighted by molar-refractivity contribution is 0.0948. The van der Waals surface area contributed by atoms with Crippen LogP contribution in [0.4, 0.5) is 0 Å². The predicted molar refractivity (Wildman–Crippen MR) is 104 cm³/mol. The van der Waals surface area contributed by atoms with Crippen LogP contribution < -0.4 is 11.1 Å². The van der Waals surface area contributed by atoms with Crippen LogP contribution in [-0.2, 0) is 6.54 Å². The van der Waals surface area contributed by atoms with Crippen molar-refractivity contribution in [2.75, 3.05) is 46.3 Å². The normalized spacial score (nSPS) is 16.6. The Morgan fingerprint density at radius 1 is 1.25 bits per heavy atom. The van der Waals surface area contributed by atoms with E-state index < -0.39 is 0 Å². The average Bonchev–Trinajstić information content (AvgIpc) is 2.54. The average molecular weight is 377 g/mol. The number of nitrogens with zero attached hydrogens (tertiary/aromatic N) is 2. The zero-order valence-electron chi connectivity index (χ0n) is 14.5. The Morgan fingerprint density at radius 3 is 2.54 bits per heavy atom. The van der Waals surface area contributed by atoms with Gasteiger partial charge in [0.1, 0.15) is 0 Å². The Balaban J connectivity index is 0.00000264. The van der Waals surface area contributed by atoms with Crippen LogP contribution in [0.2, 0.25) is 0 Å². The Morgan fingerprint density at radius 2 is 1.92 bits per heavy atom. The monoisotopic (exact) mass is 376 g/mol. The van der Waals surface area contributed by atoms with Gasteiger partial charge in [0, 0.05) is 44.8 Å². The lowest BCUT2D eigenvalue weighted by Gasteiger charge is -2.32. The van der Waals surface area contributed by atoms with E-state index in [1.165, 1.54) is 5.56 Å². The topological polar surface area (TPSA) is 61.6 Å². The molecule has 2 rings (SSSR count). The van der Waals surface area contributed by atoms with E-state index in [-0.39, 0.29) is 30.7 Å². The number of piperazine rings is 1. The number of benzene rings is 1. The van der Waals surface area contributed by atoms with Crippen LogP contribution in [0.3, 0.4) is 0 Å².